The van der Waals surface area contributed by atoms with Crippen molar-refractivity contribution in [2.45, 2.75) is 0 Å². The van der Waals surface area contributed by atoms with Crippen LogP contribution in [0.2, 0.25) is 0 Å². The Bertz CT molecular complexity index is 2520. The maximum absolute atomic E-state index is 5.04. The van der Waals surface area contributed by atoms with Gasteiger partial charge in [-0.05, 0) is 52.6 Å². The van der Waals surface area contributed by atoms with E-state index >= 15 is 0 Å². The first-order valence-electron chi connectivity index (χ1n) is 16.5. The van der Waals surface area contributed by atoms with Crippen LogP contribution in [0.5, 0.6) is 0 Å². The lowest BCUT2D eigenvalue weighted by Crippen LogP contribution is -2.01. The summed E-state index contributed by atoms with van der Waals surface area (Å²) in [6, 6.07) is 63.4. The van der Waals surface area contributed by atoms with Crippen LogP contribution in [0.4, 0.5) is 0 Å². The summed E-state index contributed by atoms with van der Waals surface area (Å²) in [5.74, 6) is 1.94. The van der Waals surface area contributed by atoms with Crippen LogP contribution in [-0.4, -0.2) is 19.5 Å². The molecule has 7 aromatic carbocycles. The summed E-state index contributed by atoms with van der Waals surface area (Å²) in [7, 11) is 0. The van der Waals surface area contributed by atoms with Gasteiger partial charge in [0, 0.05) is 33.2 Å². The van der Waals surface area contributed by atoms with Crippen LogP contribution in [0.15, 0.2) is 182 Å². The second-order valence-corrected chi connectivity index (χ2v) is 12.1. The molecule has 0 bridgehead atoms. The molecule has 0 saturated heterocycles. The summed E-state index contributed by atoms with van der Waals surface area (Å²) in [4.78, 5) is 15.0. The smallest absolute Gasteiger partial charge is 0.164 e. The number of hydrogen-bond donors (Lipinski definition) is 0. The van der Waals surface area contributed by atoms with Crippen LogP contribution in [0, 0.1) is 0 Å². The summed E-state index contributed by atoms with van der Waals surface area (Å²) in [6.45, 7) is 0. The highest BCUT2D eigenvalue weighted by molar-refractivity contribution is 6.10. The predicted octanol–water partition coefficient (Wildman–Crippen LogP) is 11.3. The highest BCUT2D eigenvalue weighted by Crippen LogP contribution is 2.38. The molecule has 230 valence electrons. The van der Waals surface area contributed by atoms with Gasteiger partial charge in [-0.25, -0.2) is 15.0 Å². The molecule has 0 aliphatic rings. The molecule has 0 spiro atoms. The zero-order chi connectivity index (χ0) is 32.6. The van der Waals surface area contributed by atoms with E-state index in [4.69, 9.17) is 15.0 Å². The lowest BCUT2D eigenvalue weighted by atomic mass is 9.97. The molecule has 0 N–H and O–H groups in total. The zero-order valence-corrected chi connectivity index (χ0v) is 26.6. The van der Waals surface area contributed by atoms with E-state index in [-0.39, 0.29) is 0 Å². The summed E-state index contributed by atoms with van der Waals surface area (Å²) in [5, 5.41) is 2.41. The molecule has 2 aromatic heterocycles. The van der Waals surface area contributed by atoms with E-state index in [2.05, 4.69) is 126 Å². The lowest BCUT2D eigenvalue weighted by molar-refractivity contribution is 1.07. The molecule has 9 rings (SSSR count). The van der Waals surface area contributed by atoms with Crippen LogP contribution in [-0.2, 0) is 0 Å². The van der Waals surface area contributed by atoms with Crippen LogP contribution < -0.4 is 0 Å². The molecule has 0 unspecified atom stereocenters. The van der Waals surface area contributed by atoms with Crippen molar-refractivity contribution in [2.24, 2.45) is 0 Å². The van der Waals surface area contributed by atoms with Gasteiger partial charge in [-0.15, -0.1) is 0 Å². The van der Waals surface area contributed by atoms with Crippen molar-refractivity contribution in [1.29, 1.82) is 0 Å². The Kier molecular flexibility index (Phi) is 7.10. The number of aromatic nitrogens is 4. The van der Waals surface area contributed by atoms with Gasteiger partial charge >= 0.3 is 0 Å². The van der Waals surface area contributed by atoms with E-state index in [1.807, 2.05) is 60.7 Å². The fourth-order valence-electron chi connectivity index (χ4n) is 6.71. The summed E-state index contributed by atoms with van der Waals surface area (Å²) < 4.78 is 2.36. The fraction of sp³-hybridized carbons (Fsp3) is 0. The van der Waals surface area contributed by atoms with Gasteiger partial charge in [-0.1, -0.05) is 152 Å². The molecule has 49 heavy (non-hydrogen) atoms. The van der Waals surface area contributed by atoms with Gasteiger partial charge in [0.05, 0.1) is 11.0 Å². The molecule has 0 aliphatic heterocycles. The first-order valence-corrected chi connectivity index (χ1v) is 16.5. The number of nitrogens with zero attached hydrogens (tertiary/aromatic N) is 4. The SMILES string of the molecule is c1ccc(-c2ccc(-n3c4ccccc4c4cc(-c5ccccc5-c5nc(-c6ccccc6)nc(-c6ccccc6)n5)ccc43)cc2)cc1. The minimum Gasteiger partial charge on any atom is -0.309 e. The second kappa shape index (κ2) is 12.2. The Hall–Kier alpha value is -6.65. The number of benzene rings is 7. The summed E-state index contributed by atoms with van der Waals surface area (Å²) in [6.07, 6.45) is 0. The van der Waals surface area contributed by atoms with Crippen LogP contribution >= 0.6 is 0 Å². The van der Waals surface area contributed by atoms with Gasteiger partial charge in [-0.2, -0.15) is 0 Å². The third-order valence-corrected chi connectivity index (χ3v) is 9.08. The minimum absolute atomic E-state index is 0.643. The van der Waals surface area contributed by atoms with Gasteiger partial charge in [0.15, 0.2) is 17.5 Å². The van der Waals surface area contributed by atoms with Crippen molar-refractivity contribution in [1.82, 2.24) is 19.5 Å². The molecule has 0 fully saturated rings. The van der Waals surface area contributed by atoms with E-state index in [0.29, 0.717) is 17.5 Å². The van der Waals surface area contributed by atoms with Crippen LogP contribution in [0.1, 0.15) is 0 Å². The molecular weight excluding hydrogens is 597 g/mol. The second-order valence-electron chi connectivity index (χ2n) is 12.1. The average molecular weight is 627 g/mol. The van der Waals surface area contributed by atoms with Crippen molar-refractivity contribution >= 4 is 21.8 Å². The minimum atomic E-state index is 0.643. The van der Waals surface area contributed by atoms with Gasteiger partial charge in [0.25, 0.3) is 0 Å². The number of rotatable bonds is 6. The van der Waals surface area contributed by atoms with E-state index in [1.54, 1.807) is 0 Å². The number of para-hydroxylation sites is 1. The van der Waals surface area contributed by atoms with E-state index < -0.39 is 0 Å². The first-order chi connectivity index (χ1) is 24.3. The number of hydrogen-bond acceptors (Lipinski definition) is 3. The molecule has 0 aliphatic carbocycles. The Morgan fingerprint density at radius 1 is 0.306 bits per heavy atom. The highest BCUT2D eigenvalue weighted by Gasteiger charge is 2.18. The Morgan fingerprint density at radius 3 is 1.43 bits per heavy atom. The molecular formula is C45H30N4. The molecule has 2 heterocycles. The van der Waals surface area contributed by atoms with E-state index in [9.17, 15) is 0 Å². The molecule has 4 heteroatoms. The molecule has 0 atom stereocenters. The van der Waals surface area contributed by atoms with E-state index in [0.717, 1.165) is 39.0 Å². The van der Waals surface area contributed by atoms with Gasteiger partial charge in [0.1, 0.15) is 0 Å². The quantitative estimate of drug-likeness (QED) is 0.184. The van der Waals surface area contributed by atoms with Crippen molar-refractivity contribution in [3.05, 3.63) is 182 Å². The standard InChI is InChI=1S/C45H30N4/c1-4-14-31(15-5-1)32-24-27-36(28-25-32)49-41-23-13-12-21-38(41)40-30-35(26-29-42(40)49)37-20-10-11-22-39(37)45-47-43(33-16-6-2-7-17-33)46-44(48-45)34-18-8-3-9-19-34/h1-30H. The van der Waals surface area contributed by atoms with Crippen molar-refractivity contribution in [3.8, 4) is 62.1 Å². The summed E-state index contributed by atoms with van der Waals surface area (Å²) >= 11 is 0. The highest BCUT2D eigenvalue weighted by atomic mass is 15.0. The molecule has 0 amide bonds. The Morgan fingerprint density at radius 2 is 0.776 bits per heavy atom. The molecule has 0 radical (unpaired) electrons. The largest absolute Gasteiger partial charge is 0.309 e. The van der Waals surface area contributed by atoms with Crippen molar-refractivity contribution < 1.29 is 0 Å². The van der Waals surface area contributed by atoms with Gasteiger partial charge < -0.3 is 4.57 Å². The molecule has 0 saturated carbocycles. The van der Waals surface area contributed by atoms with Gasteiger partial charge in [-0.3, -0.25) is 0 Å². The normalized spacial score (nSPS) is 11.3. The Labute approximate surface area is 284 Å². The van der Waals surface area contributed by atoms with Crippen molar-refractivity contribution in [2.75, 3.05) is 0 Å². The third kappa shape index (κ3) is 5.26. The topological polar surface area (TPSA) is 43.6 Å². The Balaban J connectivity index is 1.19. The van der Waals surface area contributed by atoms with Crippen LogP contribution in [0.25, 0.3) is 83.9 Å². The molecule has 4 nitrogen and oxygen atoms in total. The van der Waals surface area contributed by atoms with Gasteiger partial charge in [0.2, 0.25) is 0 Å². The monoisotopic (exact) mass is 626 g/mol. The lowest BCUT2D eigenvalue weighted by Gasteiger charge is -2.13. The summed E-state index contributed by atoms with van der Waals surface area (Å²) in [5.41, 5.74) is 10.9. The third-order valence-electron chi connectivity index (χ3n) is 9.08. The van der Waals surface area contributed by atoms with Crippen molar-refractivity contribution in [3.63, 3.8) is 0 Å². The fourth-order valence-corrected chi connectivity index (χ4v) is 6.71. The van der Waals surface area contributed by atoms with E-state index in [1.165, 1.54) is 27.4 Å². The average Bonchev–Trinajstić information content (AvgIpc) is 3.52. The maximum Gasteiger partial charge on any atom is 0.164 e. The first kappa shape index (κ1) is 28.6. The predicted molar refractivity (Wildman–Crippen MR) is 201 cm³/mol. The zero-order valence-electron chi connectivity index (χ0n) is 26.6. The number of fused-ring (bicyclic) bond motifs is 3. The van der Waals surface area contributed by atoms with Crippen LogP contribution in [0.3, 0.4) is 0 Å². The molecule has 9 aromatic rings. The maximum atomic E-state index is 5.04.